The van der Waals surface area contributed by atoms with E-state index in [1.807, 2.05) is 24.3 Å². The van der Waals surface area contributed by atoms with E-state index in [2.05, 4.69) is 16.5 Å². The van der Waals surface area contributed by atoms with Gasteiger partial charge in [0.05, 0.1) is 6.61 Å². The number of likely N-dealkylation sites (tertiary alicyclic amines) is 1. The number of carbonyl (C=O) groups excluding carboxylic acids is 1. The van der Waals surface area contributed by atoms with E-state index in [0.29, 0.717) is 5.56 Å². The van der Waals surface area contributed by atoms with Crippen LogP contribution in [0.25, 0.3) is 0 Å². The maximum atomic E-state index is 12.0. The van der Waals surface area contributed by atoms with Gasteiger partial charge in [0, 0.05) is 17.9 Å². The Morgan fingerprint density at radius 3 is 2.68 bits per heavy atom. The third kappa shape index (κ3) is 5.89. The summed E-state index contributed by atoms with van der Waals surface area (Å²) in [7, 11) is 0. The summed E-state index contributed by atoms with van der Waals surface area (Å²) >= 11 is 1.49. The SMILES string of the molecule is CCCCOc1ccc(C(=O)NSCCN2CCCC2)cc1. The van der Waals surface area contributed by atoms with Crippen LogP contribution in [0.3, 0.4) is 0 Å². The average molecular weight is 322 g/mol. The summed E-state index contributed by atoms with van der Waals surface area (Å²) < 4.78 is 8.50. The van der Waals surface area contributed by atoms with Crippen LogP contribution in [0.1, 0.15) is 43.0 Å². The van der Waals surface area contributed by atoms with Gasteiger partial charge in [-0.2, -0.15) is 0 Å². The van der Waals surface area contributed by atoms with Crippen molar-refractivity contribution in [3.05, 3.63) is 29.8 Å². The second-order valence-corrected chi connectivity index (χ2v) is 6.46. The number of ether oxygens (including phenoxy) is 1. The molecule has 4 nitrogen and oxygen atoms in total. The van der Waals surface area contributed by atoms with Crippen LogP contribution in [-0.4, -0.2) is 42.8 Å². The molecule has 1 amide bonds. The Bertz CT molecular complexity index is 444. The molecule has 1 aromatic carbocycles. The third-order valence-corrected chi connectivity index (χ3v) is 4.47. The molecule has 1 aromatic rings. The molecule has 1 N–H and O–H groups in total. The number of carbonyl (C=O) groups is 1. The van der Waals surface area contributed by atoms with Crippen LogP contribution in [0.5, 0.6) is 5.75 Å². The zero-order chi connectivity index (χ0) is 15.6. The van der Waals surface area contributed by atoms with Gasteiger partial charge < -0.3 is 9.64 Å². The van der Waals surface area contributed by atoms with E-state index in [4.69, 9.17) is 4.74 Å². The minimum Gasteiger partial charge on any atom is -0.494 e. The van der Waals surface area contributed by atoms with Gasteiger partial charge in [-0.15, -0.1) is 0 Å². The molecule has 1 aliphatic heterocycles. The quantitative estimate of drug-likeness (QED) is 0.559. The van der Waals surface area contributed by atoms with E-state index < -0.39 is 0 Å². The number of hydrogen-bond donors (Lipinski definition) is 1. The molecule has 1 fully saturated rings. The number of unbranched alkanes of at least 4 members (excludes halogenated alkanes) is 1. The van der Waals surface area contributed by atoms with E-state index in [0.717, 1.165) is 37.5 Å². The van der Waals surface area contributed by atoms with Crippen LogP contribution in [0, 0.1) is 0 Å². The number of rotatable bonds is 9. The molecule has 1 heterocycles. The van der Waals surface area contributed by atoms with Crippen LogP contribution in [0.15, 0.2) is 24.3 Å². The molecule has 0 unspecified atom stereocenters. The summed E-state index contributed by atoms with van der Waals surface area (Å²) in [6, 6.07) is 7.36. The second kappa shape index (κ2) is 9.74. The first-order chi connectivity index (χ1) is 10.8. The molecule has 1 saturated heterocycles. The molecule has 1 aliphatic rings. The number of nitrogens with one attached hydrogen (secondary N) is 1. The van der Waals surface area contributed by atoms with Gasteiger partial charge in [-0.05, 0) is 68.6 Å². The van der Waals surface area contributed by atoms with Crippen LogP contribution < -0.4 is 9.46 Å². The zero-order valence-electron chi connectivity index (χ0n) is 13.3. The predicted molar refractivity (Wildman–Crippen MR) is 92.4 cm³/mol. The van der Waals surface area contributed by atoms with Gasteiger partial charge in [0.1, 0.15) is 5.75 Å². The molecule has 2 rings (SSSR count). The lowest BCUT2D eigenvalue weighted by Crippen LogP contribution is -2.24. The Morgan fingerprint density at radius 2 is 2.00 bits per heavy atom. The minimum absolute atomic E-state index is 0.0356. The maximum Gasteiger partial charge on any atom is 0.261 e. The average Bonchev–Trinajstić information content (AvgIpc) is 3.06. The number of benzene rings is 1. The molecule has 122 valence electrons. The Balaban J connectivity index is 1.65. The van der Waals surface area contributed by atoms with Gasteiger partial charge in [0.2, 0.25) is 0 Å². The van der Waals surface area contributed by atoms with Crippen LogP contribution in [0.4, 0.5) is 0 Å². The summed E-state index contributed by atoms with van der Waals surface area (Å²) in [5.41, 5.74) is 0.677. The van der Waals surface area contributed by atoms with E-state index in [-0.39, 0.29) is 5.91 Å². The Labute approximate surface area is 137 Å². The van der Waals surface area contributed by atoms with Gasteiger partial charge in [0.15, 0.2) is 0 Å². The normalized spacial score (nSPS) is 15.0. The van der Waals surface area contributed by atoms with Crippen molar-refractivity contribution < 1.29 is 9.53 Å². The molecule has 5 heteroatoms. The van der Waals surface area contributed by atoms with Crippen molar-refractivity contribution in [1.82, 2.24) is 9.62 Å². The number of hydrogen-bond acceptors (Lipinski definition) is 4. The van der Waals surface area contributed by atoms with Crippen molar-refractivity contribution in [3.63, 3.8) is 0 Å². The van der Waals surface area contributed by atoms with Crippen LogP contribution >= 0.6 is 11.9 Å². The molecule has 0 saturated carbocycles. The second-order valence-electron chi connectivity index (χ2n) is 5.55. The van der Waals surface area contributed by atoms with E-state index in [1.165, 1.54) is 37.9 Å². The van der Waals surface area contributed by atoms with Crippen molar-refractivity contribution in [3.8, 4) is 5.75 Å². The van der Waals surface area contributed by atoms with Crippen molar-refractivity contribution >= 4 is 17.9 Å². The third-order valence-electron chi connectivity index (χ3n) is 3.76. The molecule has 0 bridgehead atoms. The highest BCUT2D eigenvalue weighted by molar-refractivity contribution is 7.97. The Hall–Kier alpha value is -1.20. The Kier molecular flexibility index (Phi) is 7.60. The molecular weight excluding hydrogens is 296 g/mol. The number of amides is 1. The summed E-state index contributed by atoms with van der Waals surface area (Å²) in [6.45, 7) is 6.32. The summed E-state index contributed by atoms with van der Waals surface area (Å²) in [5.74, 6) is 1.72. The van der Waals surface area contributed by atoms with E-state index in [9.17, 15) is 4.79 Å². The molecule has 22 heavy (non-hydrogen) atoms. The molecule has 0 spiro atoms. The molecular formula is C17H26N2O2S. The summed E-state index contributed by atoms with van der Waals surface area (Å²) in [4.78, 5) is 14.5. The maximum absolute atomic E-state index is 12.0. The lowest BCUT2D eigenvalue weighted by Gasteiger charge is -2.13. The lowest BCUT2D eigenvalue weighted by atomic mass is 10.2. The van der Waals surface area contributed by atoms with Crippen molar-refractivity contribution in [2.45, 2.75) is 32.6 Å². The largest absolute Gasteiger partial charge is 0.494 e. The van der Waals surface area contributed by atoms with Crippen LogP contribution in [0.2, 0.25) is 0 Å². The predicted octanol–water partition coefficient (Wildman–Crippen LogP) is 3.34. The first-order valence-electron chi connectivity index (χ1n) is 8.17. The van der Waals surface area contributed by atoms with Gasteiger partial charge in [-0.3, -0.25) is 9.52 Å². The molecule has 0 atom stereocenters. The molecule has 0 aliphatic carbocycles. The van der Waals surface area contributed by atoms with Crippen molar-refractivity contribution in [2.75, 3.05) is 32.0 Å². The highest BCUT2D eigenvalue weighted by atomic mass is 32.2. The van der Waals surface area contributed by atoms with E-state index >= 15 is 0 Å². The lowest BCUT2D eigenvalue weighted by molar-refractivity contribution is 0.0984. The van der Waals surface area contributed by atoms with Gasteiger partial charge in [0.25, 0.3) is 5.91 Å². The van der Waals surface area contributed by atoms with Gasteiger partial charge >= 0.3 is 0 Å². The topological polar surface area (TPSA) is 41.6 Å². The van der Waals surface area contributed by atoms with Crippen LogP contribution in [-0.2, 0) is 0 Å². The monoisotopic (exact) mass is 322 g/mol. The fraction of sp³-hybridized carbons (Fsp3) is 0.588. The first kappa shape index (κ1) is 17.2. The van der Waals surface area contributed by atoms with Gasteiger partial charge in [-0.1, -0.05) is 13.3 Å². The summed E-state index contributed by atoms with van der Waals surface area (Å²) in [6.07, 6.45) is 4.79. The fourth-order valence-corrected chi connectivity index (χ4v) is 3.09. The highest BCUT2D eigenvalue weighted by Gasteiger charge is 2.11. The number of nitrogens with zero attached hydrogens (tertiary/aromatic N) is 1. The molecule has 0 radical (unpaired) electrons. The van der Waals surface area contributed by atoms with Crippen molar-refractivity contribution in [2.24, 2.45) is 0 Å². The van der Waals surface area contributed by atoms with Crippen molar-refractivity contribution in [1.29, 1.82) is 0 Å². The molecule has 0 aromatic heterocycles. The summed E-state index contributed by atoms with van der Waals surface area (Å²) in [5, 5.41) is 0. The first-order valence-corrected chi connectivity index (χ1v) is 9.15. The smallest absolute Gasteiger partial charge is 0.261 e. The zero-order valence-corrected chi connectivity index (χ0v) is 14.2. The fourth-order valence-electron chi connectivity index (χ4n) is 2.39. The highest BCUT2D eigenvalue weighted by Crippen LogP contribution is 2.13. The van der Waals surface area contributed by atoms with E-state index in [1.54, 1.807) is 0 Å². The minimum atomic E-state index is -0.0356. The standard InChI is InChI=1S/C17H26N2O2S/c1-2-3-13-21-16-8-6-15(7-9-16)17(20)18-22-14-12-19-10-4-5-11-19/h6-9H,2-5,10-14H2,1H3,(H,18,20). The Morgan fingerprint density at radius 1 is 1.27 bits per heavy atom. The van der Waals surface area contributed by atoms with Gasteiger partial charge in [-0.25, -0.2) is 0 Å².